The molecule has 21 heavy (non-hydrogen) atoms. The van der Waals surface area contributed by atoms with Crippen molar-refractivity contribution in [3.05, 3.63) is 59.7 Å². The van der Waals surface area contributed by atoms with Gasteiger partial charge in [0.25, 0.3) is 7.11 Å². The van der Waals surface area contributed by atoms with Gasteiger partial charge in [0.15, 0.2) is 7.11 Å². The van der Waals surface area contributed by atoms with Gasteiger partial charge in [-0.25, -0.2) is 0 Å². The van der Waals surface area contributed by atoms with Crippen LogP contribution in [0.1, 0.15) is 5.56 Å². The average Bonchev–Trinajstić information content (AvgIpc) is 2.56. The van der Waals surface area contributed by atoms with Crippen LogP contribution in [0.2, 0.25) is 0 Å². The second kappa shape index (κ2) is 6.70. The minimum atomic E-state index is -0.134. The van der Waals surface area contributed by atoms with Crippen molar-refractivity contribution < 1.29 is 18.7 Å². The summed E-state index contributed by atoms with van der Waals surface area (Å²) in [5.41, 5.74) is 2.28. The van der Waals surface area contributed by atoms with Crippen LogP contribution in [-0.2, 0) is 9.16 Å². The summed E-state index contributed by atoms with van der Waals surface area (Å²) in [6.45, 7) is 0. The van der Waals surface area contributed by atoms with E-state index in [0.717, 1.165) is 22.7 Å². The second-order valence-corrected chi connectivity index (χ2v) is 4.34. The lowest BCUT2D eigenvalue weighted by molar-refractivity contribution is -0.417. The van der Waals surface area contributed by atoms with Crippen LogP contribution in [0.3, 0.4) is 0 Å². The predicted molar refractivity (Wildman–Crippen MR) is 83.1 cm³/mol. The first kappa shape index (κ1) is 14.8. The molecule has 1 aliphatic carbocycles. The Morgan fingerprint density at radius 1 is 1.00 bits per heavy atom. The maximum atomic E-state index is 10.1. The Bertz CT molecular complexity index is 628. The smallest absolute Gasteiger partial charge is 0.497 e. The van der Waals surface area contributed by atoms with Gasteiger partial charge in [0.05, 0.1) is 7.11 Å². The summed E-state index contributed by atoms with van der Waals surface area (Å²) >= 11 is 0. The molecule has 1 N–H and O–H groups in total. The van der Waals surface area contributed by atoms with Gasteiger partial charge in [0, 0.05) is 12.2 Å². The lowest BCUT2D eigenvalue weighted by Crippen LogP contribution is -2.08. The van der Waals surface area contributed by atoms with Crippen molar-refractivity contribution in [2.75, 3.05) is 21.3 Å². The van der Waals surface area contributed by atoms with Gasteiger partial charge in [-0.05, 0) is 35.4 Å². The van der Waals surface area contributed by atoms with Gasteiger partial charge in [0.1, 0.15) is 11.3 Å². The number of benzene rings is 1. The SMILES string of the molecule is COC(=[OH+])C(=C1C=CC(=[O+]C)C=C1)c1ccc(OC)cc1. The van der Waals surface area contributed by atoms with E-state index in [-0.39, 0.29) is 5.97 Å². The van der Waals surface area contributed by atoms with E-state index in [9.17, 15) is 4.79 Å². The van der Waals surface area contributed by atoms with Crippen molar-refractivity contribution >= 4 is 17.3 Å². The third-order valence-electron chi connectivity index (χ3n) is 3.16. The summed E-state index contributed by atoms with van der Waals surface area (Å²) in [7, 11) is 4.66. The summed E-state index contributed by atoms with van der Waals surface area (Å²) in [6.07, 6.45) is 7.41. The Labute approximate surface area is 123 Å². The number of methoxy groups -OCH3 is 2. The molecule has 0 bridgehead atoms. The molecule has 0 amide bonds. The van der Waals surface area contributed by atoms with Crippen molar-refractivity contribution in [1.29, 1.82) is 0 Å². The maximum Gasteiger partial charge on any atom is 0.518 e. The highest BCUT2D eigenvalue weighted by molar-refractivity contribution is 6.20. The van der Waals surface area contributed by atoms with E-state index in [2.05, 4.69) is 0 Å². The molecular formula is C17H18O4+2. The minimum Gasteiger partial charge on any atom is -0.497 e. The zero-order chi connectivity index (χ0) is 15.2. The summed E-state index contributed by atoms with van der Waals surface area (Å²) in [5, 5.41) is 0. The zero-order valence-corrected chi connectivity index (χ0v) is 12.3. The number of esters is 1. The van der Waals surface area contributed by atoms with E-state index in [1.165, 1.54) is 7.11 Å². The number of ether oxygens (including phenoxy) is 2. The van der Waals surface area contributed by atoms with Crippen LogP contribution < -0.4 is 4.74 Å². The number of rotatable bonds is 3. The van der Waals surface area contributed by atoms with E-state index >= 15 is 0 Å². The monoisotopic (exact) mass is 286 g/mol. The molecule has 2 rings (SSSR count). The van der Waals surface area contributed by atoms with Gasteiger partial charge in [0.2, 0.25) is 0 Å². The highest BCUT2D eigenvalue weighted by Gasteiger charge is 2.24. The van der Waals surface area contributed by atoms with Gasteiger partial charge >= 0.3 is 11.8 Å². The van der Waals surface area contributed by atoms with Crippen LogP contribution in [0.5, 0.6) is 5.75 Å². The number of hydrogen-bond acceptors (Lipinski definition) is 2. The van der Waals surface area contributed by atoms with Crippen molar-refractivity contribution in [2.24, 2.45) is 0 Å². The Morgan fingerprint density at radius 2 is 1.62 bits per heavy atom. The van der Waals surface area contributed by atoms with E-state index in [1.54, 1.807) is 14.2 Å². The van der Waals surface area contributed by atoms with E-state index in [4.69, 9.17) is 13.9 Å². The standard InChI is InChI=1S/C17H17O4/c1-19-14-8-4-12(5-9-14)16(17(18)21-3)13-6-10-15(20-2)11-7-13/h4-11H,1-3H3/q+1/p+1. The fourth-order valence-electron chi connectivity index (χ4n) is 2.03. The van der Waals surface area contributed by atoms with Crippen molar-refractivity contribution in [1.82, 2.24) is 0 Å². The maximum absolute atomic E-state index is 10.1. The molecule has 1 aliphatic rings. The summed E-state index contributed by atoms with van der Waals surface area (Å²) < 4.78 is 15.3. The molecule has 4 nitrogen and oxygen atoms in total. The summed E-state index contributed by atoms with van der Waals surface area (Å²) in [4.78, 5) is 10.1. The van der Waals surface area contributed by atoms with Crippen LogP contribution in [0.4, 0.5) is 0 Å². The van der Waals surface area contributed by atoms with Crippen molar-refractivity contribution in [2.45, 2.75) is 0 Å². The van der Waals surface area contributed by atoms with Crippen LogP contribution in [0, 0.1) is 0 Å². The molecule has 0 fully saturated rings. The zero-order valence-electron chi connectivity index (χ0n) is 12.3. The Kier molecular flexibility index (Phi) is 4.72. The molecule has 0 aromatic heterocycles. The van der Waals surface area contributed by atoms with Gasteiger partial charge < -0.3 is 14.3 Å². The van der Waals surface area contributed by atoms with Crippen LogP contribution >= 0.6 is 0 Å². The van der Waals surface area contributed by atoms with Crippen LogP contribution in [0.25, 0.3) is 5.57 Å². The predicted octanol–water partition coefficient (Wildman–Crippen LogP) is 2.46. The topological polar surface area (TPSA) is 51.2 Å². The highest BCUT2D eigenvalue weighted by atomic mass is 16.5. The molecule has 0 atom stereocenters. The highest BCUT2D eigenvalue weighted by Crippen LogP contribution is 2.25. The van der Waals surface area contributed by atoms with Crippen molar-refractivity contribution in [3.63, 3.8) is 0 Å². The van der Waals surface area contributed by atoms with Crippen LogP contribution in [0.15, 0.2) is 54.1 Å². The number of allylic oxidation sites excluding steroid dienone is 5. The minimum absolute atomic E-state index is 0.134. The lowest BCUT2D eigenvalue weighted by Gasteiger charge is -2.07. The first-order chi connectivity index (χ1) is 10.2. The molecule has 4 heteroatoms. The van der Waals surface area contributed by atoms with Crippen LogP contribution in [-0.4, -0.2) is 37.9 Å². The van der Waals surface area contributed by atoms with Gasteiger partial charge in [-0.2, -0.15) is 0 Å². The number of ketones is 1. The Hall–Kier alpha value is -2.62. The number of hydrogen-bond donors (Lipinski definition) is 0. The fraction of sp³-hybridized carbons (Fsp3) is 0.176. The molecule has 0 saturated carbocycles. The molecule has 0 radical (unpaired) electrons. The van der Waals surface area contributed by atoms with Gasteiger partial charge in [-0.1, -0.05) is 12.1 Å². The van der Waals surface area contributed by atoms with E-state index in [0.29, 0.717) is 5.57 Å². The number of carbonyl (C=O) groups excluding carboxylic acids is 2. The van der Waals surface area contributed by atoms with E-state index < -0.39 is 0 Å². The Balaban J connectivity index is 2.49. The van der Waals surface area contributed by atoms with Gasteiger partial charge in [-0.3, -0.25) is 4.42 Å². The molecule has 0 heterocycles. The molecule has 0 saturated heterocycles. The molecule has 0 unspecified atom stereocenters. The fourth-order valence-corrected chi connectivity index (χ4v) is 2.03. The molecule has 1 aromatic carbocycles. The normalized spacial score (nSPS) is 13.1. The first-order valence-corrected chi connectivity index (χ1v) is 6.45. The molecule has 108 valence electrons. The molecule has 1 aromatic rings. The molecule has 0 aliphatic heterocycles. The summed E-state index contributed by atoms with van der Waals surface area (Å²) in [5.74, 6) is 1.37. The largest absolute Gasteiger partial charge is 0.518 e. The van der Waals surface area contributed by atoms with Crippen molar-refractivity contribution in [3.8, 4) is 5.75 Å². The lowest BCUT2D eigenvalue weighted by atomic mass is 9.96. The Morgan fingerprint density at radius 3 is 2.10 bits per heavy atom. The quantitative estimate of drug-likeness (QED) is 0.487. The molecule has 0 spiro atoms. The molecular weight excluding hydrogens is 268 g/mol. The van der Waals surface area contributed by atoms with Gasteiger partial charge in [-0.15, -0.1) is 0 Å². The first-order valence-electron chi connectivity index (χ1n) is 6.45. The third-order valence-corrected chi connectivity index (χ3v) is 3.16. The third kappa shape index (κ3) is 3.28. The second-order valence-electron chi connectivity index (χ2n) is 4.34. The van der Waals surface area contributed by atoms with E-state index in [1.807, 2.05) is 48.6 Å². The average molecular weight is 286 g/mol. The summed E-state index contributed by atoms with van der Waals surface area (Å²) in [6, 6.07) is 7.41.